The maximum absolute atomic E-state index is 14.1. The topological polar surface area (TPSA) is 42.9 Å². The molecular formula is C22H21BrFN3O. The summed E-state index contributed by atoms with van der Waals surface area (Å²) in [5.41, 5.74) is 2.75. The molecule has 0 saturated carbocycles. The van der Waals surface area contributed by atoms with Crippen molar-refractivity contribution in [3.8, 4) is 5.75 Å². The standard InChI is InChI=1S/C22H20FN3O.BrH/c23-19-11-5-4-8-17(19)16-26-21-13-7-6-12-20(21)25(22(26)24)14-15-27-18-9-2-1-3-10-18;/h1-13,24H,14-16H2;1H. The highest BCUT2D eigenvalue weighted by atomic mass is 79.9. The van der Waals surface area contributed by atoms with Gasteiger partial charge in [0.2, 0.25) is 5.62 Å². The van der Waals surface area contributed by atoms with Gasteiger partial charge in [0.25, 0.3) is 0 Å². The summed E-state index contributed by atoms with van der Waals surface area (Å²) in [5, 5.41) is 8.63. The second-order valence-electron chi connectivity index (χ2n) is 6.30. The highest BCUT2D eigenvalue weighted by Crippen LogP contribution is 2.16. The predicted molar refractivity (Wildman–Crippen MR) is 114 cm³/mol. The first kappa shape index (κ1) is 19.9. The van der Waals surface area contributed by atoms with Crippen molar-refractivity contribution in [1.29, 1.82) is 5.41 Å². The molecule has 1 heterocycles. The Morgan fingerprint density at radius 1 is 0.786 bits per heavy atom. The van der Waals surface area contributed by atoms with Crippen molar-refractivity contribution in [3.05, 3.63) is 95.9 Å². The van der Waals surface area contributed by atoms with Gasteiger partial charge < -0.3 is 13.9 Å². The number of ether oxygens (including phenoxy) is 1. The Hall–Kier alpha value is -2.86. The Kier molecular flexibility index (Phi) is 6.31. The van der Waals surface area contributed by atoms with E-state index in [1.165, 1.54) is 6.07 Å². The minimum atomic E-state index is -0.256. The van der Waals surface area contributed by atoms with E-state index in [0.29, 0.717) is 30.9 Å². The number of nitrogens with one attached hydrogen (secondary N) is 1. The summed E-state index contributed by atoms with van der Waals surface area (Å²) in [6, 6.07) is 24.1. The molecule has 0 aliphatic rings. The summed E-state index contributed by atoms with van der Waals surface area (Å²) in [5.74, 6) is 0.549. The summed E-state index contributed by atoms with van der Waals surface area (Å²) < 4.78 is 23.6. The number of rotatable bonds is 6. The normalized spacial score (nSPS) is 10.6. The van der Waals surface area contributed by atoms with Gasteiger partial charge in [0.1, 0.15) is 18.2 Å². The smallest absolute Gasteiger partial charge is 0.203 e. The van der Waals surface area contributed by atoms with Crippen LogP contribution in [0.4, 0.5) is 4.39 Å². The first-order valence-electron chi connectivity index (χ1n) is 8.88. The van der Waals surface area contributed by atoms with E-state index in [0.717, 1.165) is 16.8 Å². The molecule has 28 heavy (non-hydrogen) atoms. The van der Waals surface area contributed by atoms with Gasteiger partial charge in [-0.05, 0) is 30.3 Å². The number of hydrogen-bond acceptors (Lipinski definition) is 2. The molecule has 0 fully saturated rings. The number of nitrogens with zero attached hydrogens (tertiary/aromatic N) is 2. The number of fused-ring (bicyclic) bond motifs is 1. The van der Waals surface area contributed by atoms with Crippen LogP contribution in [0.5, 0.6) is 5.75 Å². The Bertz CT molecular complexity index is 1120. The van der Waals surface area contributed by atoms with Crippen molar-refractivity contribution in [2.45, 2.75) is 13.1 Å². The number of aromatic nitrogens is 2. The summed E-state index contributed by atoms with van der Waals surface area (Å²) in [6.07, 6.45) is 0. The molecule has 0 aliphatic carbocycles. The zero-order valence-electron chi connectivity index (χ0n) is 15.2. The second-order valence-corrected chi connectivity index (χ2v) is 6.30. The van der Waals surface area contributed by atoms with E-state index in [-0.39, 0.29) is 22.8 Å². The van der Waals surface area contributed by atoms with E-state index in [2.05, 4.69) is 0 Å². The van der Waals surface area contributed by atoms with E-state index >= 15 is 0 Å². The third-order valence-electron chi connectivity index (χ3n) is 4.59. The van der Waals surface area contributed by atoms with E-state index in [1.54, 1.807) is 12.1 Å². The lowest BCUT2D eigenvalue weighted by atomic mass is 10.2. The number of para-hydroxylation sites is 3. The Morgan fingerprint density at radius 2 is 1.39 bits per heavy atom. The lowest BCUT2D eigenvalue weighted by molar-refractivity contribution is 0.296. The molecule has 1 N–H and O–H groups in total. The summed E-state index contributed by atoms with van der Waals surface area (Å²) in [4.78, 5) is 0. The van der Waals surface area contributed by atoms with Crippen LogP contribution in [0.25, 0.3) is 11.0 Å². The molecule has 144 valence electrons. The molecule has 0 atom stereocenters. The first-order valence-corrected chi connectivity index (χ1v) is 8.88. The van der Waals surface area contributed by atoms with Crippen LogP contribution < -0.4 is 10.4 Å². The SMILES string of the molecule is Br.N=c1n(CCOc2ccccc2)c2ccccc2n1Cc1ccccc1F. The fourth-order valence-electron chi connectivity index (χ4n) is 3.25. The molecule has 0 spiro atoms. The van der Waals surface area contributed by atoms with Crippen LogP contribution in [0.15, 0.2) is 78.9 Å². The molecule has 0 unspecified atom stereocenters. The fraction of sp³-hybridized carbons (Fsp3) is 0.136. The first-order chi connectivity index (χ1) is 13.2. The molecule has 0 radical (unpaired) electrons. The molecule has 0 bridgehead atoms. The minimum absolute atomic E-state index is 0. The number of benzene rings is 3. The average molecular weight is 442 g/mol. The molecule has 0 aliphatic heterocycles. The Morgan fingerprint density at radius 3 is 2.11 bits per heavy atom. The molecule has 4 aromatic rings. The highest BCUT2D eigenvalue weighted by Gasteiger charge is 2.12. The molecule has 3 aromatic carbocycles. The lowest BCUT2D eigenvalue weighted by Gasteiger charge is -2.08. The fourth-order valence-corrected chi connectivity index (χ4v) is 3.25. The van der Waals surface area contributed by atoms with Crippen molar-refractivity contribution in [2.75, 3.05) is 6.61 Å². The molecular weight excluding hydrogens is 421 g/mol. The third kappa shape index (κ3) is 4.02. The van der Waals surface area contributed by atoms with Gasteiger partial charge in [-0.25, -0.2) is 4.39 Å². The van der Waals surface area contributed by atoms with Crippen LogP contribution in [-0.4, -0.2) is 15.7 Å². The number of imidazole rings is 1. The Balaban J connectivity index is 0.00000225. The van der Waals surface area contributed by atoms with Crippen LogP contribution in [-0.2, 0) is 13.1 Å². The highest BCUT2D eigenvalue weighted by molar-refractivity contribution is 8.93. The second kappa shape index (κ2) is 8.89. The molecule has 6 heteroatoms. The van der Waals surface area contributed by atoms with Gasteiger partial charge in [0, 0.05) is 5.56 Å². The van der Waals surface area contributed by atoms with Crippen LogP contribution >= 0.6 is 17.0 Å². The quantitative estimate of drug-likeness (QED) is 0.460. The number of hydrogen-bond donors (Lipinski definition) is 1. The summed E-state index contributed by atoms with van der Waals surface area (Å²) >= 11 is 0. The van der Waals surface area contributed by atoms with E-state index in [1.807, 2.05) is 69.8 Å². The van der Waals surface area contributed by atoms with Crippen molar-refractivity contribution in [2.24, 2.45) is 0 Å². The third-order valence-corrected chi connectivity index (χ3v) is 4.59. The molecule has 4 nitrogen and oxygen atoms in total. The van der Waals surface area contributed by atoms with Gasteiger partial charge in [-0.2, -0.15) is 0 Å². The molecule has 0 saturated heterocycles. The largest absolute Gasteiger partial charge is 0.492 e. The Labute approximate surface area is 173 Å². The van der Waals surface area contributed by atoms with Gasteiger partial charge in [-0.1, -0.05) is 48.5 Å². The zero-order chi connectivity index (χ0) is 18.6. The lowest BCUT2D eigenvalue weighted by Crippen LogP contribution is -2.27. The summed E-state index contributed by atoms with van der Waals surface area (Å²) in [6.45, 7) is 1.31. The van der Waals surface area contributed by atoms with Crippen LogP contribution in [0.3, 0.4) is 0 Å². The van der Waals surface area contributed by atoms with Gasteiger partial charge >= 0.3 is 0 Å². The van der Waals surface area contributed by atoms with Gasteiger partial charge in [-0.15, -0.1) is 17.0 Å². The van der Waals surface area contributed by atoms with Crippen LogP contribution in [0.2, 0.25) is 0 Å². The van der Waals surface area contributed by atoms with E-state index in [4.69, 9.17) is 10.1 Å². The van der Waals surface area contributed by atoms with Crippen molar-refractivity contribution in [1.82, 2.24) is 9.13 Å². The average Bonchev–Trinajstić information content (AvgIpc) is 2.96. The molecule has 1 aromatic heterocycles. The minimum Gasteiger partial charge on any atom is -0.492 e. The molecule has 0 amide bonds. The van der Waals surface area contributed by atoms with Gasteiger partial charge in [0.15, 0.2) is 0 Å². The van der Waals surface area contributed by atoms with Gasteiger partial charge in [-0.3, -0.25) is 5.41 Å². The van der Waals surface area contributed by atoms with Crippen LogP contribution in [0, 0.1) is 11.2 Å². The zero-order valence-corrected chi connectivity index (χ0v) is 16.9. The van der Waals surface area contributed by atoms with Crippen LogP contribution in [0.1, 0.15) is 5.56 Å². The monoisotopic (exact) mass is 441 g/mol. The number of halogens is 2. The predicted octanol–water partition coefficient (Wildman–Crippen LogP) is 4.77. The van der Waals surface area contributed by atoms with E-state index in [9.17, 15) is 4.39 Å². The van der Waals surface area contributed by atoms with Crippen molar-refractivity contribution >= 4 is 28.0 Å². The summed E-state index contributed by atoms with van der Waals surface area (Å²) in [7, 11) is 0. The molecule has 4 rings (SSSR count). The van der Waals surface area contributed by atoms with E-state index < -0.39 is 0 Å². The van der Waals surface area contributed by atoms with Gasteiger partial charge in [0.05, 0.1) is 24.1 Å². The van der Waals surface area contributed by atoms with Crippen molar-refractivity contribution < 1.29 is 9.13 Å². The maximum Gasteiger partial charge on any atom is 0.203 e. The van der Waals surface area contributed by atoms with Crippen molar-refractivity contribution in [3.63, 3.8) is 0 Å². The maximum atomic E-state index is 14.1.